The van der Waals surface area contributed by atoms with E-state index in [9.17, 15) is 0 Å². The standard InChI is InChI=1S/C17H20ClN3/c1-10(2)21-14(9-18)19-20-17(21)16-13-8-7-11-5-3-4-6-12(11)15(13)16/h3-6,10,13,15-16H,7-9H2,1-2H3. The van der Waals surface area contributed by atoms with E-state index in [-0.39, 0.29) is 0 Å². The number of rotatable bonds is 3. The van der Waals surface area contributed by atoms with Crippen molar-refractivity contribution in [2.45, 2.75) is 50.4 Å². The van der Waals surface area contributed by atoms with Gasteiger partial charge in [0.1, 0.15) is 11.6 Å². The second-order valence-corrected chi connectivity index (χ2v) is 6.79. The normalized spacial score (nSPS) is 26.6. The van der Waals surface area contributed by atoms with E-state index in [1.807, 2.05) is 0 Å². The zero-order valence-electron chi connectivity index (χ0n) is 12.5. The molecule has 1 fully saturated rings. The Morgan fingerprint density at radius 3 is 2.81 bits per heavy atom. The highest BCUT2D eigenvalue weighted by Crippen LogP contribution is 2.64. The predicted molar refractivity (Wildman–Crippen MR) is 83.7 cm³/mol. The van der Waals surface area contributed by atoms with Crippen molar-refractivity contribution in [3.8, 4) is 0 Å². The highest BCUT2D eigenvalue weighted by atomic mass is 35.5. The fourth-order valence-corrected chi connectivity index (χ4v) is 4.32. The molecule has 2 aromatic rings. The predicted octanol–water partition coefficient (Wildman–Crippen LogP) is 4.04. The maximum Gasteiger partial charge on any atom is 0.148 e. The van der Waals surface area contributed by atoms with Crippen molar-refractivity contribution in [2.75, 3.05) is 0 Å². The molecule has 0 amide bonds. The van der Waals surface area contributed by atoms with E-state index >= 15 is 0 Å². The van der Waals surface area contributed by atoms with E-state index in [2.05, 4.69) is 52.9 Å². The van der Waals surface area contributed by atoms with Crippen LogP contribution in [0.5, 0.6) is 0 Å². The molecule has 0 aliphatic heterocycles. The van der Waals surface area contributed by atoms with Gasteiger partial charge in [0.2, 0.25) is 0 Å². The summed E-state index contributed by atoms with van der Waals surface area (Å²) in [6.07, 6.45) is 2.47. The molecule has 2 aliphatic carbocycles. The zero-order chi connectivity index (χ0) is 14.6. The average Bonchev–Trinajstić information content (AvgIpc) is 3.08. The van der Waals surface area contributed by atoms with Crippen molar-refractivity contribution in [2.24, 2.45) is 5.92 Å². The first-order valence-corrected chi connectivity index (χ1v) is 8.33. The molecule has 0 N–H and O–H groups in total. The van der Waals surface area contributed by atoms with Gasteiger partial charge in [-0.25, -0.2) is 0 Å². The van der Waals surface area contributed by atoms with E-state index in [0.29, 0.717) is 23.8 Å². The largest absolute Gasteiger partial charge is 0.311 e. The summed E-state index contributed by atoms with van der Waals surface area (Å²) < 4.78 is 2.25. The number of alkyl halides is 1. The van der Waals surface area contributed by atoms with Crippen molar-refractivity contribution >= 4 is 11.6 Å². The SMILES string of the molecule is CC(C)n1c(CCl)nnc1C1C2CCc3ccccc3C21. The molecule has 1 heterocycles. The maximum absolute atomic E-state index is 6.03. The Labute approximate surface area is 130 Å². The molecule has 4 heteroatoms. The molecular formula is C17H20ClN3. The van der Waals surface area contributed by atoms with Gasteiger partial charge in [-0.15, -0.1) is 21.8 Å². The molecule has 4 rings (SSSR count). The van der Waals surface area contributed by atoms with Gasteiger partial charge in [-0.2, -0.15) is 0 Å². The Kier molecular flexibility index (Phi) is 3.07. The summed E-state index contributed by atoms with van der Waals surface area (Å²) in [5.74, 6) is 4.39. The lowest BCUT2D eigenvalue weighted by molar-refractivity contribution is 0.543. The Morgan fingerprint density at radius 1 is 1.24 bits per heavy atom. The van der Waals surface area contributed by atoms with Crippen LogP contribution >= 0.6 is 11.6 Å². The Bertz CT molecular complexity index is 676. The third-order valence-electron chi connectivity index (χ3n) is 5.06. The first-order valence-electron chi connectivity index (χ1n) is 7.79. The van der Waals surface area contributed by atoms with E-state index < -0.39 is 0 Å². The highest BCUT2D eigenvalue weighted by molar-refractivity contribution is 6.16. The van der Waals surface area contributed by atoms with Gasteiger partial charge >= 0.3 is 0 Å². The lowest BCUT2D eigenvalue weighted by Gasteiger charge is -2.13. The van der Waals surface area contributed by atoms with Crippen LogP contribution in [0.15, 0.2) is 24.3 Å². The van der Waals surface area contributed by atoms with Gasteiger partial charge in [-0.05, 0) is 49.7 Å². The van der Waals surface area contributed by atoms with Crippen LogP contribution in [0.4, 0.5) is 0 Å². The first-order chi connectivity index (χ1) is 10.2. The van der Waals surface area contributed by atoms with Crippen molar-refractivity contribution < 1.29 is 0 Å². The molecule has 1 saturated carbocycles. The highest BCUT2D eigenvalue weighted by Gasteiger charge is 2.56. The van der Waals surface area contributed by atoms with Crippen LogP contribution in [0.2, 0.25) is 0 Å². The number of nitrogens with zero attached hydrogens (tertiary/aromatic N) is 3. The van der Waals surface area contributed by atoms with Crippen LogP contribution in [0.1, 0.15) is 60.9 Å². The monoisotopic (exact) mass is 301 g/mol. The smallest absolute Gasteiger partial charge is 0.148 e. The maximum atomic E-state index is 6.03. The number of aromatic nitrogens is 3. The molecule has 0 saturated heterocycles. The van der Waals surface area contributed by atoms with Crippen LogP contribution in [0.3, 0.4) is 0 Å². The number of fused-ring (bicyclic) bond motifs is 3. The van der Waals surface area contributed by atoms with E-state index in [1.54, 1.807) is 0 Å². The first kappa shape index (κ1) is 13.3. The molecule has 3 unspecified atom stereocenters. The topological polar surface area (TPSA) is 30.7 Å². The van der Waals surface area contributed by atoms with Gasteiger partial charge in [-0.1, -0.05) is 24.3 Å². The number of hydrogen-bond acceptors (Lipinski definition) is 2. The van der Waals surface area contributed by atoms with Gasteiger partial charge in [0, 0.05) is 12.0 Å². The van der Waals surface area contributed by atoms with Gasteiger partial charge in [0.05, 0.1) is 5.88 Å². The molecule has 110 valence electrons. The van der Waals surface area contributed by atoms with Gasteiger partial charge in [-0.3, -0.25) is 0 Å². The third-order valence-corrected chi connectivity index (χ3v) is 5.30. The fourth-order valence-electron chi connectivity index (χ4n) is 4.14. The fraction of sp³-hybridized carbons (Fsp3) is 0.529. The van der Waals surface area contributed by atoms with Crippen LogP contribution in [0, 0.1) is 5.92 Å². The molecule has 1 aromatic carbocycles. The minimum atomic E-state index is 0.363. The van der Waals surface area contributed by atoms with E-state index in [0.717, 1.165) is 17.6 Å². The van der Waals surface area contributed by atoms with Crippen LogP contribution < -0.4 is 0 Å². The molecule has 0 bridgehead atoms. The van der Waals surface area contributed by atoms with Crippen molar-refractivity contribution in [1.29, 1.82) is 0 Å². The molecule has 3 atom stereocenters. The molecular weight excluding hydrogens is 282 g/mol. The molecule has 1 aromatic heterocycles. The van der Waals surface area contributed by atoms with Crippen LogP contribution in [-0.2, 0) is 12.3 Å². The second-order valence-electron chi connectivity index (χ2n) is 6.52. The van der Waals surface area contributed by atoms with Crippen molar-refractivity contribution in [1.82, 2.24) is 14.8 Å². The number of aryl methyl sites for hydroxylation is 1. The summed E-state index contributed by atoms with van der Waals surface area (Å²) in [5, 5.41) is 8.81. The minimum Gasteiger partial charge on any atom is -0.311 e. The summed E-state index contributed by atoms with van der Waals surface area (Å²) in [7, 11) is 0. The minimum absolute atomic E-state index is 0.363. The van der Waals surface area contributed by atoms with Gasteiger partial charge in [0.15, 0.2) is 0 Å². The molecule has 0 radical (unpaired) electrons. The second kappa shape index (κ2) is 4.84. The number of hydrogen-bond donors (Lipinski definition) is 0. The van der Waals surface area contributed by atoms with E-state index in [4.69, 9.17) is 11.6 Å². The summed E-state index contributed by atoms with van der Waals surface area (Å²) in [4.78, 5) is 0. The number of halogens is 1. The lowest BCUT2D eigenvalue weighted by Crippen LogP contribution is -2.09. The molecule has 21 heavy (non-hydrogen) atoms. The third kappa shape index (κ3) is 1.94. The van der Waals surface area contributed by atoms with Crippen LogP contribution in [-0.4, -0.2) is 14.8 Å². The zero-order valence-corrected chi connectivity index (χ0v) is 13.2. The summed E-state index contributed by atoms with van der Waals surface area (Å²) in [5.41, 5.74) is 3.05. The quantitative estimate of drug-likeness (QED) is 0.801. The molecule has 0 spiro atoms. The lowest BCUT2D eigenvalue weighted by atomic mass is 9.92. The molecule has 3 nitrogen and oxygen atoms in total. The Morgan fingerprint density at radius 2 is 2.05 bits per heavy atom. The van der Waals surface area contributed by atoms with Gasteiger partial charge in [0.25, 0.3) is 0 Å². The summed E-state index contributed by atoms with van der Waals surface area (Å²) in [6.45, 7) is 4.37. The van der Waals surface area contributed by atoms with Crippen molar-refractivity contribution in [3.05, 3.63) is 47.0 Å². The van der Waals surface area contributed by atoms with Gasteiger partial charge < -0.3 is 4.57 Å². The summed E-state index contributed by atoms with van der Waals surface area (Å²) >= 11 is 6.03. The molecule has 2 aliphatic rings. The number of benzene rings is 1. The van der Waals surface area contributed by atoms with Crippen LogP contribution in [0.25, 0.3) is 0 Å². The van der Waals surface area contributed by atoms with E-state index in [1.165, 1.54) is 24.0 Å². The summed E-state index contributed by atoms with van der Waals surface area (Å²) in [6, 6.07) is 9.25. The Hall–Kier alpha value is -1.35. The Balaban J connectivity index is 1.73. The van der Waals surface area contributed by atoms with Crippen molar-refractivity contribution in [3.63, 3.8) is 0 Å². The average molecular weight is 302 g/mol.